The summed E-state index contributed by atoms with van der Waals surface area (Å²) in [5.74, 6) is -5.37. The molecule has 1 N–H and O–H groups in total. The molecule has 2 aromatic rings. The average molecular weight is 449 g/mol. The van der Waals surface area contributed by atoms with E-state index in [1.54, 1.807) is 13.8 Å². The summed E-state index contributed by atoms with van der Waals surface area (Å²) < 4.78 is 51.1. The minimum absolute atomic E-state index is 0.210. The number of anilines is 1. The summed E-state index contributed by atoms with van der Waals surface area (Å²) in [7, 11) is 0. The smallest absolute Gasteiger partial charge is 0.260 e. The van der Waals surface area contributed by atoms with Gasteiger partial charge in [-0.05, 0) is 37.6 Å². The Kier molecular flexibility index (Phi) is 8.89. The minimum Gasteiger partial charge on any atom is -0.490 e. The molecule has 0 aliphatic rings. The Labute approximate surface area is 183 Å². The molecule has 0 aliphatic carbocycles. The molecule has 0 bridgehead atoms. The maximum atomic E-state index is 13.8. The van der Waals surface area contributed by atoms with E-state index >= 15 is 0 Å². The Balaban J connectivity index is 2.04. The first-order valence-corrected chi connectivity index (χ1v) is 9.81. The standard InChI is InChI=1S/C22H22F3N3O4/c1-3-9-28(12-19(29)27-16-7-6-15(23)21(24)22(16)25)20(30)13-32-17-8-5-14(11-26)10-18(17)31-4-2/h5-8,10H,3-4,9,12-13H2,1-2H3,(H,27,29). The minimum atomic E-state index is -1.70. The topological polar surface area (TPSA) is 91.7 Å². The molecule has 2 rings (SSSR count). The normalized spacial score (nSPS) is 10.2. The predicted octanol–water partition coefficient (Wildman–Crippen LogP) is 3.63. The third-order valence-corrected chi connectivity index (χ3v) is 4.21. The molecule has 7 nitrogen and oxygen atoms in total. The molecular formula is C22H22F3N3O4. The molecule has 10 heteroatoms. The molecule has 2 amide bonds. The number of carbonyl (C=O) groups is 2. The van der Waals surface area contributed by atoms with Crippen molar-refractivity contribution in [3.63, 3.8) is 0 Å². The van der Waals surface area contributed by atoms with E-state index < -0.39 is 48.1 Å². The third kappa shape index (κ3) is 6.38. The van der Waals surface area contributed by atoms with Crippen molar-refractivity contribution in [2.45, 2.75) is 20.3 Å². The van der Waals surface area contributed by atoms with Gasteiger partial charge in [-0.2, -0.15) is 5.26 Å². The van der Waals surface area contributed by atoms with Gasteiger partial charge in [0, 0.05) is 12.6 Å². The molecule has 32 heavy (non-hydrogen) atoms. The van der Waals surface area contributed by atoms with Gasteiger partial charge in [0.25, 0.3) is 5.91 Å². The first-order valence-electron chi connectivity index (χ1n) is 9.81. The fourth-order valence-corrected chi connectivity index (χ4v) is 2.74. The van der Waals surface area contributed by atoms with Crippen molar-refractivity contribution >= 4 is 17.5 Å². The summed E-state index contributed by atoms with van der Waals surface area (Å²) in [5, 5.41) is 11.1. The van der Waals surface area contributed by atoms with Crippen LogP contribution < -0.4 is 14.8 Å². The van der Waals surface area contributed by atoms with Gasteiger partial charge in [0.15, 0.2) is 35.6 Å². The lowest BCUT2D eigenvalue weighted by molar-refractivity contribution is -0.136. The Morgan fingerprint density at radius 3 is 2.47 bits per heavy atom. The van der Waals surface area contributed by atoms with Gasteiger partial charge in [0.2, 0.25) is 5.91 Å². The number of ether oxygens (including phenoxy) is 2. The summed E-state index contributed by atoms with van der Waals surface area (Å²) in [4.78, 5) is 26.0. The molecule has 0 fully saturated rings. The van der Waals surface area contributed by atoms with Crippen molar-refractivity contribution in [2.75, 3.05) is 31.6 Å². The van der Waals surface area contributed by atoms with Crippen molar-refractivity contribution in [1.82, 2.24) is 4.90 Å². The van der Waals surface area contributed by atoms with E-state index in [4.69, 9.17) is 14.7 Å². The maximum absolute atomic E-state index is 13.8. The van der Waals surface area contributed by atoms with Crippen LogP contribution in [0.2, 0.25) is 0 Å². The van der Waals surface area contributed by atoms with Crippen molar-refractivity contribution in [3.05, 3.63) is 53.3 Å². The van der Waals surface area contributed by atoms with E-state index in [0.29, 0.717) is 30.4 Å². The van der Waals surface area contributed by atoms with Gasteiger partial charge in [0.05, 0.1) is 30.5 Å². The summed E-state index contributed by atoms with van der Waals surface area (Å²) in [6.07, 6.45) is 0.527. The molecule has 0 aliphatic heterocycles. The number of amides is 2. The zero-order valence-electron chi connectivity index (χ0n) is 17.6. The SMILES string of the molecule is CCCN(CC(=O)Nc1ccc(F)c(F)c1F)C(=O)COc1ccc(C#N)cc1OCC. The van der Waals surface area contributed by atoms with E-state index in [9.17, 15) is 22.8 Å². The molecule has 0 radical (unpaired) electrons. The van der Waals surface area contributed by atoms with Crippen LogP contribution in [0.5, 0.6) is 11.5 Å². The number of nitriles is 1. The van der Waals surface area contributed by atoms with Crippen LogP contribution in [0.15, 0.2) is 30.3 Å². The Morgan fingerprint density at radius 1 is 1.06 bits per heavy atom. The molecule has 0 heterocycles. The van der Waals surface area contributed by atoms with Crippen molar-refractivity contribution in [3.8, 4) is 17.6 Å². The second kappa shape index (κ2) is 11.6. The van der Waals surface area contributed by atoms with Crippen LogP contribution in [0, 0.1) is 28.8 Å². The van der Waals surface area contributed by atoms with E-state index in [0.717, 1.165) is 6.07 Å². The van der Waals surface area contributed by atoms with Crippen LogP contribution in [0.25, 0.3) is 0 Å². The van der Waals surface area contributed by atoms with Gasteiger partial charge in [-0.25, -0.2) is 13.2 Å². The Hall–Kier alpha value is -3.74. The molecule has 0 spiro atoms. The van der Waals surface area contributed by atoms with E-state index in [1.165, 1.54) is 23.1 Å². The van der Waals surface area contributed by atoms with Crippen LogP contribution in [-0.4, -0.2) is 43.0 Å². The maximum Gasteiger partial charge on any atom is 0.260 e. The first kappa shape index (κ1) is 24.5. The lowest BCUT2D eigenvalue weighted by atomic mass is 10.2. The zero-order valence-corrected chi connectivity index (χ0v) is 17.6. The van der Waals surface area contributed by atoms with Crippen LogP contribution in [-0.2, 0) is 9.59 Å². The fraction of sp³-hybridized carbons (Fsp3) is 0.318. The van der Waals surface area contributed by atoms with Crippen LogP contribution in [0.3, 0.4) is 0 Å². The number of nitrogens with zero attached hydrogens (tertiary/aromatic N) is 2. The van der Waals surface area contributed by atoms with Gasteiger partial charge in [-0.15, -0.1) is 0 Å². The molecule has 2 aromatic carbocycles. The Morgan fingerprint density at radius 2 is 1.81 bits per heavy atom. The number of rotatable bonds is 10. The first-order chi connectivity index (χ1) is 15.3. The quantitative estimate of drug-likeness (QED) is 0.560. The van der Waals surface area contributed by atoms with E-state index in [-0.39, 0.29) is 12.3 Å². The number of nitrogens with one attached hydrogen (secondary N) is 1. The molecular weight excluding hydrogens is 427 g/mol. The summed E-state index contributed by atoms with van der Waals surface area (Å²) in [6.45, 7) is 3.22. The average Bonchev–Trinajstić information content (AvgIpc) is 2.78. The number of halogens is 3. The van der Waals surface area contributed by atoms with Crippen molar-refractivity contribution < 1.29 is 32.2 Å². The highest BCUT2D eigenvalue weighted by atomic mass is 19.2. The molecule has 0 saturated carbocycles. The second-order valence-electron chi connectivity index (χ2n) is 6.58. The summed E-state index contributed by atoms with van der Waals surface area (Å²) >= 11 is 0. The summed E-state index contributed by atoms with van der Waals surface area (Å²) in [5.41, 5.74) is -0.172. The second-order valence-corrected chi connectivity index (χ2v) is 6.58. The van der Waals surface area contributed by atoms with E-state index in [2.05, 4.69) is 5.32 Å². The Bertz CT molecular complexity index is 1020. The van der Waals surface area contributed by atoms with Gasteiger partial charge in [-0.1, -0.05) is 6.92 Å². The predicted molar refractivity (Wildman–Crippen MR) is 110 cm³/mol. The highest BCUT2D eigenvalue weighted by molar-refractivity contribution is 5.94. The zero-order chi connectivity index (χ0) is 23.7. The lowest BCUT2D eigenvalue weighted by Crippen LogP contribution is -2.41. The molecule has 170 valence electrons. The van der Waals surface area contributed by atoms with Gasteiger partial charge in [0.1, 0.15) is 0 Å². The lowest BCUT2D eigenvalue weighted by Gasteiger charge is -2.22. The number of hydrogen-bond donors (Lipinski definition) is 1. The number of benzene rings is 2. The number of hydrogen-bond acceptors (Lipinski definition) is 5. The van der Waals surface area contributed by atoms with E-state index in [1.807, 2.05) is 6.07 Å². The van der Waals surface area contributed by atoms with Crippen LogP contribution >= 0.6 is 0 Å². The van der Waals surface area contributed by atoms with Gasteiger partial charge >= 0.3 is 0 Å². The highest BCUT2D eigenvalue weighted by Crippen LogP contribution is 2.28. The van der Waals surface area contributed by atoms with Crippen LogP contribution in [0.4, 0.5) is 18.9 Å². The van der Waals surface area contributed by atoms with Crippen molar-refractivity contribution in [1.29, 1.82) is 5.26 Å². The molecule has 0 saturated heterocycles. The molecule has 0 atom stereocenters. The fourth-order valence-electron chi connectivity index (χ4n) is 2.74. The van der Waals surface area contributed by atoms with Crippen molar-refractivity contribution in [2.24, 2.45) is 0 Å². The number of carbonyl (C=O) groups excluding carboxylic acids is 2. The monoisotopic (exact) mass is 449 g/mol. The summed E-state index contributed by atoms with van der Waals surface area (Å²) in [6, 6.07) is 8.05. The van der Waals surface area contributed by atoms with Gasteiger partial charge < -0.3 is 19.7 Å². The molecule has 0 aromatic heterocycles. The van der Waals surface area contributed by atoms with Crippen LogP contribution in [0.1, 0.15) is 25.8 Å². The largest absolute Gasteiger partial charge is 0.490 e. The highest BCUT2D eigenvalue weighted by Gasteiger charge is 2.20. The van der Waals surface area contributed by atoms with Gasteiger partial charge in [-0.3, -0.25) is 9.59 Å². The molecule has 0 unspecified atom stereocenters. The third-order valence-electron chi connectivity index (χ3n) is 4.21.